The van der Waals surface area contributed by atoms with Crippen LogP contribution in [0.2, 0.25) is 0 Å². The Hall–Kier alpha value is -1.61. The Kier molecular flexibility index (Phi) is 4.92. The van der Waals surface area contributed by atoms with Gasteiger partial charge in [-0.1, -0.05) is 15.9 Å². The Labute approximate surface area is 167 Å². The van der Waals surface area contributed by atoms with Crippen LogP contribution in [0.4, 0.5) is 5.69 Å². The normalized spacial score (nSPS) is 24.8. The number of nitrogens with one attached hydrogen (secondary N) is 1. The average molecular weight is 453 g/mol. The summed E-state index contributed by atoms with van der Waals surface area (Å²) in [5.41, 5.74) is 1.81. The maximum Gasteiger partial charge on any atom is 0.243 e. The minimum absolute atomic E-state index is 0.0184. The predicted molar refractivity (Wildman–Crippen MR) is 106 cm³/mol. The summed E-state index contributed by atoms with van der Waals surface area (Å²) in [4.78, 5) is 0.250. The lowest BCUT2D eigenvalue weighted by Gasteiger charge is -2.38. The third kappa shape index (κ3) is 3.14. The van der Waals surface area contributed by atoms with Gasteiger partial charge in [-0.15, -0.1) is 0 Å². The summed E-state index contributed by atoms with van der Waals surface area (Å²) in [6.45, 7) is 0.390. The van der Waals surface area contributed by atoms with Crippen LogP contribution in [0.5, 0.6) is 5.75 Å². The molecule has 144 valence electrons. The number of anilines is 1. The molecular formula is C19H21BrN2O4S. The van der Waals surface area contributed by atoms with Gasteiger partial charge in [-0.2, -0.15) is 4.31 Å². The minimum Gasteiger partial charge on any atom is -0.497 e. The molecule has 0 bridgehead atoms. The maximum atomic E-state index is 13.4. The molecule has 0 radical (unpaired) electrons. The van der Waals surface area contributed by atoms with Gasteiger partial charge in [0.2, 0.25) is 10.0 Å². The van der Waals surface area contributed by atoms with Gasteiger partial charge in [0.15, 0.2) is 0 Å². The Morgan fingerprint density at radius 3 is 2.67 bits per heavy atom. The van der Waals surface area contributed by atoms with Gasteiger partial charge in [0.05, 0.1) is 30.7 Å². The quantitative estimate of drug-likeness (QED) is 0.745. The summed E-state index contributed by atoms with van der Waals surface area (Å²) < 4.78 is 34.3. The van der Waals surface area contributed by atoms with Crippen LogP contribution in [0.15, 0.2) is 51.8 Å². The zero-order chi connectivity index (χ0) is 19.2. The van der Waals surface area contributed by atoms with Crippen LogP contribution >= 0.6 is 15.9 Å². The van der Waals surface area contributed by atoms with E-state index in [1.165, 1.54) is 0 Å². The average Bonchev–Trinajstić information content (AvgIpc) is 3.14. The van der Waals surface area contributed by atoms with E-state index in [2.05, 4.69) is 21.2 Å². The molecule has 3 atom stereocenters. The first kappa shape index (κ1) is 18.7. The van der Waals surface area contributed by atoms with Gasteiger partial charge >= 0.3 is 0 Å². The molecule has 6 nitrogen and oxygen atoms in total. The van der Waals surface area contributed by atoms with Crippen LogP contribution in [0.1, 0.15) is 18.0 Å². The maximum absolute atomic E-state index is 13.4. The Balaban J connectivity index is 1.78. The van der Waals surface area contributed by atoms with Crippen LogP contribution in [0, 0.1) is 5.92 Å². The summed E-state index contributed by atoms with van der Waals surface area (Å²) in [5.74, 6) is 0.634. The second-order valence-corrected chi connectivity index (χ2v) is 9.66. The summed E-state index contributed by atoms with van der Waals surface area (Å²) in [5, 5.41) is 13.2. The molecule has 27 heavy (non-hydrogen) atoms. The number of aliphatic hydroxyl groups is 1. The SMILES string of the molecule is COc1ccc(S(=O)(=O)N2CC[C@@H]3[C@H]2c2cc(Br)ccc2N[C@@H]3CO)cc1. The van der Waals surface area contributed by atoms with Crippen LogP contribution in [0.3, 0.4) is 0 Å². The van der Waals surface area contributed by atoms with Crippen molar-refractivity contribution in [1.29, 1.82) is 0 Å². The molecule has 0 amide bonds. The fraction of sp³-hybridized carbons (Fsp3) is 0.368. The second-order valence-electron chi connectivity index (χ2n) is 6.85. The highest BCUT2D eigenvalue weighted by Crippen LogP contribution is 2.48. The van der Waals surface area contributed by atoms with E-state index in [-0.39, 0.29) is 29.5 Å². The van der Waals surface area contributed by atoms with Gasteiger partial charge in [0.1, 0.15) is 5.75 Å². The Morgan fingerprint density at radius 2 is 2.00 bits per heavy atom. The molecular weight excluding hydrogens is 432 g/mol. The van der Waals surface area contributed by atoms with E-state index in [9.17, 15) is 13.5 Å². The highest BCUT2D eigenvalue weighted by atomic mass is 79.9. The fourth-order valence-electron chi connectivity index (χ4n) is 4.14. The summed E-state index contributed by atoms with van der Waals surface area (Å²) >= 11 is 3.49. The number of ether oxygens (including phenoxy) is 1. The summed E-state index contributed by atoms with van der Waals surface area (Å²) in [6.07, 6.45) is 0.699. The highest BCUT2D eigenvalue weighted by molar-refractivity contribution is 9.10. The molecule has 1 fully saturated rings. The molecule has 4 rings (SSSR count). The number of methoxy groups -OCH3 is 1. The van der Waals surface area contributed by atoms with Gasteiger partial charge in [-0.25, -0.2) is 8.42 Å². The van der Waals surface area contributed by atoms with E-state index in [0.29, 0.717) is 18.7 Å². The second kappa shape index (κ2) is 7.09. The van der Waals surface area contributed by atoms with Gasteiger partial charge in [-0.3, -0.25) is 0 Å². The molecule has 2 aromatic carbocycles. The minimum atomic E-state index is -3.67. The van der Waals surface area contributed by atoms with Crippen molar-refractivity contribution in [3.8, 4) is 5.75 Å². The largest absolute Gasteiger partial charge is 0.497 e. The van der Waals surface area contributed by atoms with E-state index in [1.807, 2.05) is 18.2 Å². The standard InChI is InChI=1S/C19H21BrN2O4S/c1-26-13-3-5-14(6-4-13)27(24,25)22-9-8-15-18(11-23)21-17-7-2-12(20)10-16(17)19(15)22/h2-7,10,15,18-19,21,23H,8-9,11H2,1H3/t15-,18+,19-/m0/s1. The van der Waals surface area contributed by atoms with Crippen molar-refractivity contribution < 1.29 is 18.3 Å². The zero-order valence-corrected chi connectivity index (χ0v) is 17.2. The summed E-state index contributed by atoms with van der Waals surface area (Å²) in [6, 6.07) is 11.8. The first-order valence-corrected chi connectivity index (χ1v) is 11.0. The van der Waals surface area contributed by atoms with E-state index >= 15 is 0 Å². The molecule has 2 heterocycles. The van der Waals surface area contributed by atoms with Crippen LogP contribution < -0.4 is 10.1 Å². The number of rotatable bonds is 4. The molecule has 0 unspecified atom stereocenters. The van der Waals surface area contributed by atoms with Gasteiger partial charge < -0.3 is 15.2 Å². The van der Waals surface area contributed by atoms with Crippen molar-refractivity contribution in [2.24, 2.45) is 5.92 Å². The third-order valence-corrected chi connectivity index (χ3v) is 7.84. The monoisotopic (exact) mass is 452 g/mol. The van der Waals surface area contributed by atoms with Crippen molar-refractivity contribution in [2.45, 2.75) is 23.4 Å². The summed E-state index contributed by atoms with van der Waals surface area (Å²) in [7, 11) is -2.12. The van der Waals surface area contributed by atoms with Crippen molar-refractivity contribution in [1.82, 2.24) is 4.31 Å². The number of aliphatic hydroxyl groups excluding tert-OH is 1. The van der Waals surface area contributed by atoms with Crippen molar-refractivity contribution in [3.63, 3.8) is 0 Å². The van der Waals surface area contributed by atoms with E-state index in [0.717, 1.165) is 15.7 Å². The number of hydrogen-bond acceptors (Lipinski definition) is 5. The lowest BCUT2D eigenvalue weighted by Crippen LogP contribution is -2.42. The lowest BCUT2D eigenvalue weighted by atomic mass is 9.84. The first-order chi connectivity index (χ1) is 13.0. The number of hydrogen-bond donors (Lipinski definition) is 2. The number of sulfonamides is 1. The van der Waals surface area contributed by atoms with Gasteiger partial charge in [0, 0.05) is 22.6 Å². The lowest BCUT2D eigenvalue weighted by molar-refractivity contribution is 0.210. The molecule has 2 aromatic rings. The van der Waals surface area contributed by atoms with Crippen molar-refractivity contribution >= 4 is 31.6 Å². The third-order valence-electron chi connectivity index (χ3n) is 5.45. The molecule has 0 spiro atoms. The number of fused-ring (bicyclic) bond motifs is 3. The van der Waals surface area contributed by atoms with Crippen molar-refractivity contribution in [2.75, 3.05) is 25.6 Å². The van der Waals surface area contributed by atoms with E-state index < -0.39 is 10.0 Å². The molecule has 0 aliphatic carbocycles. The number of halogens is 1. The first-order valence-electron chi connectivity index (χ1n) is 8.78. The smallest absolute Gasteiger partial charge is 0.243 e. The molecule has 0 aromatic heterocycles. The van der Waals surface area contributed by atoms with E-state index in [1.54, 1.807) is 35.7 Å². The van der Waals surface area contributed by atoms with E-state index in [4.69, 9.17) is 4.74 Å². The van der Waals surface area contributed by atoms with Gasteiger partial charge in [-0.05, 0) is 54.4 Å². The molecule has 2 aliphatic rings. The number of nitrogens with zero attached hydrogens (tertiary/aromatic N) is 1. The van der Waals surface area contributed by atoms with Crippen molar-refractivity contribution in [3.05, 3.63) is 52.5 Å². The zero-order valence-electron chi connectivity index (χ0n) is 14.8. The molecule has 2 N–H and O–H groups in total. The molecule has 0 saturated carbocycles. The molecule has 2 aliphatic heterocycles. The predicted octanol–water partition coefficient (Wildman–Crippen LogP) is 3.00. The van der Waals surface area contributed by atoms with Crippen LogP contribution in [0.25, 0.3) is 0 Å². The van der Waals surface area contributed by atoms with Crippen LogP contribution in [-0.2, 0) is 10.0 Å². The number of benzene rings is 2. The van der Waals surface area contributed by atoms with Gasteiger partial charge in [0.25, 0.3) is 0 Å². The molecule has 8 heteroatoms. The Bertz CT molecular complexity index is 949. The highest BCUT2D eigenvalue weighted by Gasteiger charge is 2.48. The molecule has 1 saturated heterocycles. The fourth-order valence-corrected chi connectivity index (χ4v) is 6.19. The topological polar surface area (TPSA) is 78.9 Å². The van der Waals surface area contributed by atoms with Crippen LogP contribution in [-0.4, -0.2) is 44.1 Å². The Morgan fingerprint density at radius 1 is 1.26 bits per heavy atom.